The van der Waals surface area contributed by atoms with E-state index in [0.29, 0.717) is 35.3 Å². The van der Waals surface area contributed by atoms with Gasteiger partial charge in [-0.25, -0.2) is 9.97 Å². The first-order valence-electron chi connectivity index (χ1n) is 7.94. The predicted molar refractivity (Wildman–Crippen MR) is 92.2 cm³/mol. The van der Waals surface area contributed by atoms with Crippen molar-refractivity contribution in [2.75, 3.05) is 7.11 Å². The molecular formula is C18H20ClN3O2. The van der Waals surface area contributed by atoms with Crippen LogP contribution in [-0.2, 0) is 19.5 Å². The highest BCUT2D eigenvalue weighted by atomic mass is 35.5. The van der Waals surface area contributed by atoms with E-state index in [1.807, 2.05) is 6.20 Å². The van der Waals surface area contributed by atoms with E-state index >= 15 is 0 Å². The number of hydrogen-bond acceptors (Lipinski definition) is 4. The van der Waals surface area contributed by atoms with Crippen molar-refractivity contribution >= 4 is 17.5 Å². The first-order chi connectivity index (χ1) is 11.5. The number of halogens is 1. The fourth-order valence-electron chi connectivity index (χ4n) is 2.81. The van der Waals surface area contributed by atoms with Gasteiger partial charge in [0.2, 0.25) is 0 Å². The highest BCUT2D eigenvalue weighted by Crippen LogP contribution is 2.28. The van der Waals surface area contributed by atoms with Crippen LogP contribution in [0.2, 0.25) is 5.02 Å². The Labute approximate surface area is 146 Å². The van der Waals surface area contributed by atoms with Gasteiger partial charge in [0.15, 0.2) is 0 Å². The van der Waals surface area contributed by atoms with Crippen LogP contribution in [0.1, 0.15) is 41.3 Å². The van der Waals surface area contributed by atoms with Crippen molar-refractivity contribution < 1.29 is 9.53 Å². The predicted octanol–water partition coefficient (Wildman–Crippen LogP) is 3.49. The van der Waals surface area contributed by atoms with Gasteiger partial charge in [0, 0.05) is 29.7 Å². The first kappa shape index (κ1) is 16.7. The van der Waals surface area contributed by atoms with Crippen molar-refractivity contribution in [3.05, 3.63) is 52.1 Å². The van der Waals surface area contributed by atoms with Gasteiger partial charge in [-0.05, 0) is 24.1 Å². The Morgan fingerprint density at radius 3 is 2.88 bits per heavy atom. The number of amides is 1. The van der Waals surface area contributed by atoms with Gasteiger partial charge in [0.05, 0.1) is 24.9 Å². The van der Waals surface area contributed by atoms with E-state index < -0.39 is 0 Å². The molecule has 0 unspecified atom stereocenters. The number of benzene rings is 1. The third kappa shape index (κ3) is 3.36. The lowest BCUT2D eigenvalue weighted by molar-refractivity contribution is 0.0747. The number of ether oxygens (including phenoxy) is 1. The minimum atomic E-state index is -0.0908. The molecule has 0 saturated heterocycles. The van der Waals surface area contributed by atoms with Crippen molar-refractivity contribution in [1.29, 1.82) is 0 Å². The molecule has 3 rings (SSSR count). The minimum absolute atomic E-state index is 0.0908. The van der Waals surface area contributed by atoms with Gasteiger partial charge in [-0.2, -0.15) is 0 Å². The Bertz CT molecular complexity index is 777. The summed E-state index contributed by atoms with van der Waals surface area (Å²) in [5.41, 5.74) is 2.44. The van der Waals surface area contributed by atoms with Crippen LogP contribution in [0, 0.1) is 5.92 Å². The highest BCUT2D eigenvalue weighted by Gasteiger charge is 2.27. The summed E-state index contributed by atoms with van der Waals surface area (Å²) in [6.07, 6.45) is 2.68. The summed E-state index contributed by atoms with van der Waals surface area (Å²) in [7, 11) is 1.53. The molecule has 0 N–H and O–H groups in total. The molecule has 0 bridgehead atoms. The minimum Gasteiger partial charge on any atom is -0.496 e. The number of aromatic nitrogens is 2. The van der Waals surface area contributed by atoms with Crippen molar-refractivity contribution in [1.82, 2.24) is 14.9 Å². The van der Waals surface area contributed by atoms with Gasteiger partial charge in [0.1, 0.15) is 11.6 Å². The number of nitrogens with zero attached hydrogens (tertiary/aromatic N) is 3. The standard InChI is InChI=1S/C18H20ClN3O2/c1-11(2)6-17-20-8-12-9-22(10-15(12)21-17)18(23)14-5-4-13(19)7-16(14)24-3/h4-5,7-8,11H,6,9-10H2,1-3H3. The van der Waals surface area contributed by atoms with Gasteiger partial charge in [-0.15, -0.1) is 0 Å². The molecule has 0 fully saturated rings. The highest BCUT2D eigenvalue weighted by molar-refractivity contribution is 6.30. The summed E-state index contributed by atoms with van der Waals surface area (Å²) < 4.78 is 5.29. The van der Waals surface area contributed by atoms with Crippen LogP contribution in [-0.4, -0.2) is 27.9 Å². The number of methoxy groups -OCH3 is 1. The molecule has 126 valence electrons. The average molecular weight is 346 g/mol. The Morgan fingerprint density at radius 2 is 2.17 bits per heavy atom. The largest absolute Gasteiger partial charge is 0.496 e. The van der Waals surface area contributed by atoms with Crippen LogP contribution in [0.3, 0.4) is 0 Å². The van der Waals surface area contributed by atoms with E-state index in [1.54, 1.807) is 23.1 Å². The normalized spacial score (nSPS) is 13.3. The van der Waals surface area contributed by atoms with Gasteiger partial charge >= 0.3 is 0 Å². The van der Waals surface area contributed by atoms with Crippen LogP contribution >= 0.6 is 11.6 Å². The molecule has 5 nitrogen and oxygen atoms in total. The number of carbonyl (C=O) groups excluding carboxylic acids is 1. The summed E-state index contributed by atoms with van der Waals surface area (Å²) in [6, 6.07) is 5.04. The molecule has 1 aromatic heterocycles. The Hall–Kier alpha value is -2.14. The second-order valence-electron chi connectivity index (χ2n) is 6.36. The molecule has 0 aliphatic carbocycles. The molecule has 1 aromatic carbocycles. The Kier molecular flexibility index (Phi) is 4.71. The SMILES string of the molecule is COc1cc(Cl)ccc1C(=O)N1Cc2cnc(CC(C)C)nc2C1. The summed E-state index contributed by atoms with van der Waals surface area (Å²) in [4.78, 5) is 23.6. The molecule has 1 aliphatic rings. The molecular weight excluding hydrogens is 326 g/mol. The topological polar surface area (TPSA) is 55.3 Å². The van der Waals surface area contributed by atoms with Crippen LogP contribution in [0.4, 0.5) is 0 Å². The fourth-order valence-corrected chi connectivity index (χ4v) is 2.98. The lowest BCUT2D eigenvalue weighted by atomic mass is 10.1. The molecule has 2 aromatic rings. The van der Waals surface area contributed by atoms with Crippen LogP contribution < -0.4 is 4.74 Å². The second kappa shape index (κ2) is 6.77. The van der Waals surface area contributed by atoms with Gasteiger partial charge in [0.25, 0.3) is 5.91 Å². The zero-order chi connectivity index (χ0) is 17.3. The zero-order valence-electron chi connectivity index (χ0n) is 14.0. The molecule has 0 saturated carbocycles. The van der Waals surface area contributed by atoms with E-state index in [0.717, 1.165) is 23.5 Å². The lowest BCUT2D eigenvalue weighted by Gasteiger charge is -2.17. The maximum atomic E-state index is 12.8. The van der Waals surface area contributed by atoms with Gasteiger partial charge in [-0.1, -0.05) is 25.4 Å². The number of rotatable bonds is 4. The second-order valence-corrected chi connectivity index (χ2v) is 6.80. The van der Waals surface area contributed by atoms with Crippen LogP contribution in [0.5, 0.6) is 5.75 Å². The number of carbonyl (C=O) groups is 1. The molecule has 6 heteroatoms. The molecule has 24 heavy (non-hydrogen) atoms. The van der Waals surface area contributed by atoms with Crippen molar-refractivity contribution in [2.45, 2.75) is 33.4 Å². The monoisotopic (exact) mass is 345 g/mol. The summed E-state index contributed by atoms with van der Waals surface area (Å²) >= 11 is 5.97. The van der Waals surface area contributed by atoms with E-state index in [2.05, 4.69) is 23.8 Å². The van der Waals surface area contributed by atoms with Crippen LogP contribution in [0.25, 0.3) is 0 Å². The zero-order valence-corrected chi connectivity index (χ0v) is 14.8. The summed E-state index contributed by atoms with van der Waals surface area (Å²) in [6.45, 7) is 5.29. The summed E-state index contributed by atoms with van der Waals surface area (Å²) in [5, 5.41) is 0.539. The molecule has 0 radical (unpaired) electrons. The molecule has 2 heterocycles. The molecule has 1 amide bonds. The van der Waals surface area contributed by atoms with Crippen molar-refractivity contribution in [3.63, 3.8) is 0 Å². The molecule has 0 spiro atoms. The van der Waals surface area contributed by atoms with E-state index in [1.165, 1.54) is 7.11 Å². The maximum Gasteiger partial charge on any atom is 0.258 e. The van der Waals surface area contributed by atoms with Crippen LogP contribution in [0.15, 0.2) is 24.4 Å². The summed E-state index contributed by atoms with van der Waals surface area (Å²) in [5.74, 6) is 1.73. The quantitative estimate of drug-likeness (QED) is 0.851. The average Bonchev–Trinajstić information content (AvgIpc) is 2.96. The van der Waals surface area contributed by atoms with E-state index in [-0.39, 0.29) is 5.91 Å². The van der Waals surface area contributed by atoms with E-state index in [9.17, 15) is 4.79 Å². The Morgan fingerprint density at radius 1 is 1.38 bits per heavy atom. The lowest BCUT2D eigenvalue weighted by Crippen LogP contribution is -2.25. The smallest absolute Gasteiger partial charge is 0.258 e. The maximum absolute atomic E-state index is 12.8. The van der Waals surface area contributed by atoms with E-state index in [4.69, 9.17) is 16.3 Å². The number of fused-ring (bicyclic) bond motifs is 1. The van der Waals surface area contributed by atoms with Gasteiger partial charge < -0.3 is 9.64 Å². The van der Waals surface area contributed by atoms with Gasteiger partial charge in [-0.3, -0.25) is 4.79 Å². The third-order valence-corrected chi connectivity index (χ3v) is 4.21. The molecule has 1 aliphatic heterocycles. The van der Waals surface area contributed by atoms with Crippen molar-refractivity contribution in [3.8, 4) is 5.75 Å². The first-order valence-corrected chi connectivity index (χ1v) is 8.32. The Balaban J connectivity index is 1.81. The molecule has 0 atom stereocenters. The number of hydrogen-bond donors (Lipinski definition) is 0. The fraction of sp³-hybridized carbons (Fsp3) is 0.389. The third-order valence-electron chi connectivity index (χ3n) is 3.98. The van der Waals surface area contributed by atoms with Crippen molar-refractivity contribution in [2.24, 2.45) is 5.92 Å².